The van der Waals surface area contributed by atoms with Gasteiger partial charge in [-0.2, -0.15) is 0 Å². The summed E-state index contributed by atoms with van der Waals surface area (Å²) in [5.74, 6) is 0.0826. The lowest BCUT2D eigenvalue weighted by Crippen LogP contribution is -2.32. The first-order valence-corrected chi connectivity index (χ1v) is 5.80. The number of rotatable bonds is 5. The molecule has 1 rings (SSSR count). The fraction of sp³-hybridized carbons (Fsp3) is 0.500. The number of hydrogen-bond acceptors (Lipinski definition) is 4. The lowest BCUT2D eigenvalue weighted by atomic mass is 10.1. The molecule has 0 aromatic carbocycles. The zero-order valence-corrected chi connectivity index (χ0v) is 10.6. The van der Waals surface area contributed by atoms with E-state index in [2.05, 4.69) is 18.8 Å². The number of nitrogens with zero attached hydrogens (tertiary/aromatic N) is 2. The molecule has 0 bridgehead atoms. The summed E-state index contributed by atoms with van der Waals surface area (Å²) < 4.78 is 0. The zero-order valence-electron chi connectivity index (χ0n) is 10.6. The van der Waals surface area contributed by atoms with Crippen LogP contribution in [0.1, 0.15) is 37.2 Å². The van der Waals surface area contributed by atoms with E-state index in [-0.39, 0.29) is 5.69 Å². The Morgan fingerprint density at radius 1 is 1.41 bits per heavy atom. The first-order chi connectivity index (χ1) is 8.01. The lowest BCUT2D eigenvalue weighted by Gasteiger charge is -2.28. The average Bonchev–Trinajstić information content (AvgIpc) is 2.30. The number of carbonyl (C=O) groups excluding carboxylic acids is 1. The van der Waals surface area contributed by atoms with Gasteiger partial charge in [0.15, 0.2) is 5.82 Å². The van der Waals surface area contributed by atoms with Crippen LogP contribution in [-0.4, -0.2) is 24.0 Å². The molecule has 1 amide bonds. The molecule has 0 aliphatic carbocycles. The summed E-state index contributed by atoms with van der Waals surface area (Å²) >= 11 is 0. The van der Waals surface area contributed by atoms with Crippen LogP contribution in [0.5, 0.6) is 0 Å². The minimum Gasteiger partial charge on any atom is -0.396 e. The van der Waals surface area contributed by atoms with Crippen LogP contribution in [0.25, 0.3) is 0 Å². The summed E-state index contributed by atoms with van der Waals surface area (Å²) in [6.45, 7) is 4.22. The highest BCUT2D eigenvalue weighted by Crippen LogP contribution is 2.23. The number of nitrogen functional groups attached to an aromatic ring is 1. The number of hydrogen-bond donors (Lipinski definition) is 2. The molecule has 0 spiro atoms. The van der Waals surface area contributed by atoms with Crippen molar-refractivity contribution >= 4 is 17.4 Å². The van der Waals surface area contributed by atoms with Crippen molar-refractivity contribution in [2.24, 2.45) is 5.73 Å². The molecule has 0 radical (unpaired) electrons. The van der Waals surface area contributed by atoms with E-state index >= 15 is 0 Å². The van der Waals surface area contributed by atoms with E-state index in [0.717, 1.165) is 12.8 Å². The van der Waals surface area contributed by atoms with Gasteiger partial charge in [0, 0.05) is 13.1 Å². The zero-order chi connectivity index (χ0) is 13.0. The van der Waals surface area contributed by atoms with Crippen molar-refractivity contribution in [3.63, 3.8) is 0 Å². The number of anilines is 2. The fourth-order valence-corrected chi connectivity index (χ4v) is 1.89. The predicted molar refractivity (Wildman–Crippen MR) is 69.9 cm³/mol. The molecule has 4 N–H and O–H groups in total. The van der Waals surface area contributed by atoms with Crippen molar-refractivity contribution in [2.75, 3.05) is 17.7 Å². The largest absolute Gasteiger partial charge is 0.396 e. The second-order valence-corrected chi connectivity index (χ2v) is 4.05. The number of aromatic nitrogens is 1. The molecule has 1 aromatic rings. The molecule has 94 valence electrons. The maximum Gasteiger partial charge on any atom is 0.267 e. The standard InChI is InChI=1S/C12H20N4O/c1-4-8(5-2)16(3)12-9(13)6-7-10(15-12)11(14)17/h6-8H,4-5,13H2,1-3H3,(H2,14,17). The van der Waals surface area contributed by atoms with Gasteiger partial charge in [-0.05, 0) is 25.0 Å². The molecule has 0 saturated carbocycles. The van der Waals surface area contributed by atoms with Crippen LogP contribution in [0, 0.1) is 0 Å². The van der Waals surface area contributed by atoms with Crippen LogP contribution in [0.3, 0.4) is 0 Å². The van der Waals surface area contributed by atoms with Crippen molar-refractivity contribution in [1.82, 2.24) is 4.98 Å². The van der Waals surface area contributed by atoms with Crippen LogP contribution >= 0.6 is 0 Å². The molecule has 0 atom stereocenters. The van der Waals surface area contributed by atoms with Crippen molar-refractivity contribution in [3.05, 3.63) is 17.8 Å². The Balaban J connectivity index is 3.11. The highest BCUT2D eigenvalue weighted by atomic mass is 16.1. The van der Waals surface area contributed by atoms with Gasteiger partial charge >= 0.3 is 0 Å². The second-order valence-electron chi connectivity index (χ2n) is 4.05. The topological polar surface area (TPSA) is 85.2 Å². The van der Waals surface area contributed by atoms with Gasteiger partial charge < -0.3 is 16.4 Å². The fourth-order valence-electron chi connectivity index (χ4n) is 1.89. The SMILES string of the molecule is CCC(CC)N(C)c1nc(C(N)=O)ccc1N. The lowest BCUT2D eigenvalue weighted by molar-refractivity contribution is 0.0995. The van der Waals surface area contributed by atoms with Gasteiger partial charge in [-0.15, -0.1) is 0 Å². The van der Waals surface area contributed by atoms with E-state index in [0.29, 0.717) is 17.5 Å². The number of carbonyl (C=O) groups is 1. The molecular formula is C12H20N4O. The molecule has 1 heterocycles. The van der Waals surface area contributed by atoms with Gasteiger partial charge in [-0.1, -0.05) is 13.8 Å². The van der Waals surface area contributed by atoms with Crippen LogP contribution < -0.4 is 16.4 Å². The van der Waals surface area contributed by atoms with Gasteiger partial charge in [0.05, 0.1) is 5.69 Å². The predicted octanol–water partition coefficient (Wildman–Crippen LogP) is 1.39. The van der Waals surface area contributed by atoms with Crippen LogP contribution in [0.4, 0.5) is 11.5 Å². The Labute approximate surface area is 102 Å². The van der Waals surface area contributed by atoms with E-state index in [1.807, 2.05) is 11.9 Å². The normalized spacial score (nSPS) is 10.6. The second kappa shape index (κ2) is 5.52. The molecule has 5 nitrogen and oxygen atoms in total. The van der Waals surface area contributed by atoms with Crippen molar-refractivity contribution in [1.29, 1.82) is 0 Å². The molecule has 5 heteroatoms. The van der Waals surface area contributed by atoms with E-state index in [9.17, 15) is 4.79 Å². The summed E-state index contributed by atoms with van der Waals surface area (Å²) in [7, 11) is 1.93. The molecular weight excluding hydrogens is 216 g/mol. The van der Waals surface area contributed by atoms with Gasteiger partial charge in [0.1, 0.15) is 5.69 Å². The first-order valence-electron chi connectivity index (χ1n) is 5.80. The van der Waals surface area contributed by atoms with Crippen molar-refractivity contribution in [3.8, 4) is 0 Å². The maximum atomic E-state index is 11.1. The van der Waals surface area contributed by atoms with Gasteiger partial charge in [-0.3, -0.25) is 4.79 Å². The quantitative estimate of drug-likeness (QED) is 0.809. The van der Waals surface area contributed by atoms with Crippen LogP contribution in [-0.2, 0) is 0 Å². The first kappa shape index (κ1) is 13.3. The highest BCUT2D eigenvalue weighted by molar-refractivity contribution is 5.91. The van der Waals surface area contributed by atoms with Crippen LogP contribution in [0.2, 0.25) is 0 Å². The van der Waals surface area contributed by atoms with E-state index in [1.165, 1.54) is 0 Å². The van der Waals surface area contributed by atoms with E-state index < -0.39 is 5.91 Å². The van der Waals surface area contributed by atoms with E-state index in [4.69, 9.17) is 11.5 Å². The number of pyridine rings is 1. The Morgan fingerprint density at radius 2 is 2.00 bits per heavy atom. The van der Waals surface area contributed by atoms with E-state index in [1.54, 1.807) is 12.1 Å². The molecule has 0 aliphatic rings. The summed E-state index contributed by atoms with van der Waals surface area (Å²) in [4.78, 5) is 17.3. The summed E-state index contributed by atoms with van der Waals surface area (Å²) in [5.41, 5.74) is 11.9. The minimum atomic E-state index is -0.538. The third-order valence-corrected chi connectivity index (χ3v) is 2.98. The summed E-state index contributed by atoms with van der Waals surface area (Å²) in [5, 5.41) is 0. The summed E-state index contributed by atoms with van der Waals surface area (Å²) in [6, 6.07) is 3.57. The number of nitrogens with two attached hydrogens (primary N) is 2. The summed E-state index contributed by atoms with van der Waals surface area (Å²) in [6.07, 6.45) is 1.99. The third kappa shape index (κ3) is 2.87. The Morgan fingerprint density at radius 3 is 2.47 bits per heavy atom. The molecule has 1 aromatic heterocycles. The molecule has 0 saturated heterocycles. The Bertz CT molecular complexity index is 401. The van der Waals surface area contributed by atoms with Crippen molar-refractivity contribution in [2.45, 2.75) is 32.7 Å². The number of primary amides is 1. The van der Waals surface area contributed by atoms with Crippen LogP contribution in [0.15, 0.2) is 12.1 Å². The Hall–Kier alpha value is -1.78. The van der Waals surface area contributed by atoms with Gasteiger partial charge in [-0.25, -0.2) is 4.98 Å². The maximum absolute atomic E-state index is 11.1. The third-order valence-electron chi connectivity index (χ3n) is 2.98. The number of amides is 1. The molecule has 0 unspecified atom stereocenters. The molecule has 17 heavy (non-hydrogen) atoms. The average molecular weight is 236 g/mol. The monoisotopic (exact) mass is 236 g/mol. The molecule has 0 aliphatic heterocycles. The van der Waals surface area contributed by atoms with Gasteiger partial charge in [0.2, 0.25) is 0 Å². The smallest absolute Gasteiger partial charge is 0.267 e. The molecule has 0 fully saturated rings. The Kier molecular flexibility index (Phi) is 4.31. The minimum absolute atomic E-state index is 0.243. The van der Waals surface area contributed by atoms with Crippen molar-refractivity contribution < 1.29 is 4.79 Å². The van der Waals surface area contributed by atoms with Gasteiger partial charge in [0.25, 0.3) is 5.91 Å². The highest BCUT2D eigenvalue weighted by Gasteiger charge is 2.16.